The molecule has 3 aromatic rings. The normalized spacial score (nSPS) is 10.9. The summed E-state index contributed by atoms with van der Waals surface area (Å²) < 4.78 is 5.82. The van der Waals surface area contributed by atoms with Crippen molar-refractivity contribution in [1.29, 1.82) is 0 Å². The Morgan fingerprint density at radius 2 is 2.12 bits per heavy atom. The number of nitrogens with zero attached hydrogens (tertiary/aromatic N) is 3. The number of anilines is 3. The molecule has 0 aliphatic heterocycles. The second-order valence-electron chi connectivity index (χ2n) is 5.92. The highest BCUT2D eigenvalue weighted by Crippen LogP contribution is 2.28. The number of aryl methyl sites for hydroxylation is 1. The van der Waals surface area contributed by atoms with E-state index < -0.39 is 0 Å². The van der Waals surface area contributed by atoms with Crippen molar-refractivity contribution in [3.05, 3.63) is 41.6 Å². The summed E-state index contributed by atoms with van der Waals surface area (Å²) in [5.41, 5.74) is 2.93. The first kappa shape index (κ1) is 18.4. The van der Waals surface area contributed by atoms with Gasteiger partial charge in [0.25, 0.3) is 0 Å². The van der Waals surface area contributed by atoms with E-state index in [4.69, 9.17) is 4.52 Å². The Morgan fingerprint density at radius 3 is 2.85 bits per heavy atom. The van der Waals surface area contributed by atoms with Crippen LogP contribution in [-0.4, -0.2) is 27.0 Å². The van der Waals surface area contributed by atoms with Crippen LogP contribution in [0.3, 0.4) is 0 Å². The van der Waals surface area contributed by atoms with Crippen LogP contribution >= 0.6 is 23.1 Å². The van der Waals surface area contributed by atoms with Crippen LogP contribution < -0.4 is 10.6 Å². The van der Waals surface area contributed by atoms with Gasteiger partial charge in [-0.1, -0.05) is 60.3 Å². The predicted molar refractivity (Wildman–Crippen MR) is 104 cm³/mol. The molecule has 0 aliphatic carbocycles. The van der Waals surface area contributed by atoms with Crippen LogP contribution in [0.15, 0.2) is 39.2 Å². The number of hydrogen-bond acceptors (Lipinski definition) is 8. The van der Waals surface area contributed by atoms with Gasteiger partial charge in [-0.3, -0.25) is 10.1 Å². The van der Waals surface area contributed by atoms with Gasteiger partial charge in [-0.2, -0.15) is 0 Å². The number of nitrogens with one attached hydrogen (secondary N) is 2. The van der Waals surface area contributed by atoms with Crippen LogP contribution in [0.4, 0.5) is 16.7 Å². The molecule has 0 atom stereocenters. The summed E-state index contributed by atoms with van der Waals surface area (Å²) in [4.78, 5) is 12.0. The monoisotopic (exact) mass is 389 g/mol. The Morgan fingerprint density at radius 1 is 1.31 bits per heavy atom. The maximum Gasteiger partial charge on any atom is 0.237 e. The molecule has 2 aromatic heterocycles. The molecular weight excluding hydrogens is 370 g/mol. The fourth-order valence-corrected chi connectivity index (χ4v) is 3.63. The molecule has 26 heavy (non-hydrogen) atoms. The Hall–Kier alpha value is -2.39. The van der Waals surface area contributed by atoms with Crippen LogP contribution in [0.2, 0.25) is 0 Å². The number of rotatable bonds is 7. The van der Waals surface area contributed by atoms with E-state index in [1.54, 1.807) is 6.07 Å². The quantitative estimate of drug-likeness (QED) is 0.577. The van der Waals surface area contributed by atoms with E-state index in [-0.39, 0.29) is 17.6 Å². The molecule has 1 amide bonds. The van der Waals surface area contributed by atoms with Crippen LogP contribution in [-0.2, 0) is 4.79 Å². The molecule has 2 heterocycles. The van der Waals surface area contributed by atoms with Crippen molar-refractivity contribution in [1.82, 2.24) is 15.4 Å². The van der Waals surface area contributed by atoms with Gasteiger partial charge in [0.1, 0.15) is 0 Å². The highest BCUT2D eigenvalue weighted by Gasteiger charge is 2.12. The highest BCUT2D eigenvalue weighted by atomic mass is 32.2. The standard InChI is InChI=1S/C17H19N5O2S2/c1-10(2)13-8-15(24-22-13)19-14(23)9-25-17-21-20-16(26-17)18-12-7-5-4-6-11(12)3/h4-8,10H,9H2,1-3H3,(H,18,20)(H,19,23). The molecule has 0 saturated carbocycles. The van der Waals surface area contributed by atoms with Crippen LogP contribution in [0.1, 0.15) is 31.0 Å². The minimum atomic E-state index is -0.176. The summed E-state index contributed by atoms with van der Waals surface area (Å²) in [5, 5.41) is 18.8. The number of carbonyl (C=O) groups is 1. The summed E-state index contributed by atoms with van der Waals surface area (Å²) in [6.45, 7) is 6.05. The topological polar surface area (TPSA) is 92.9 Å². The third-order valence-corrected chi connectivity index (χ3v) is 5.47. The maximum atomic E-state index is 12.0. The second-order valence-corrected chi connectivity index (χ2v) is 8.12. The number of hydrogen-bond donors (Lipinski definition) is 2. The molecule has 7 nitrogen and oxygen atoms in total. The minimum absolute atomic E-state index is 0.176. The van der Waals surface area contributed by atoms with Gasteiger partial charge in [-0.05, 0) is 24.5 Å². The zero-order valence-corrected chi connectivity index (χ0v) is 16.3. The van der Waals surface area contributed by atoms with Gasteiger partial charge in [-0.15, -0.1) is 10.2 Å². The third kappa shape index (κ3) is 4.83. The number of para-hydroxylation sites is 1. The molecule has 0 aliphatic rings. The van der Waals surface area contributed by atoms with E-state index in [1.165, 1.54) is 23.1 Å². The number of amides is 1. The molecule has 0 unspecified atom stereocenters. The fourth-order valence-electron chi connectivity index (χ4n) is 2.07. The summed E-state index contributed by atoms with van der Waals surface area (Å²) in [6.07, 6.45) is 0. The number of aromatic nitrogens is 3. The van der Waals surface area contributed by atoms with Crippen molar-refractivity contribution in [2.24, 2.45) is 0 Å². The first-order valence-corrected chi connectivity index (χ1v) is 9.87. The molecule has 0 saturated heterocycles. The molecule has 0 radical (unpaired) electrons. The van der Waals surface area contributed by atoms with Gasteiger partial charge in [0.05, 0.1) is 11.4 Å². The predicted octanol–water partition coefficient (Wildman–Crippen LogP) is 4.43. The maximum absolute atomic E-state index is 12.0. The van der Waals surface area contributed by atoms with E-state index in [0.717, 1.165) is 21.3 Å². The molecule has 9 heteroatoms. The van der Waals surface area contributed by atoms with E-state index >= 15 is 0 Å². The second kappa shape index (κ2) is 8.33. The van der Waals surface area contributed by atoms with Gasteiger partial charge in [0.15, 0.2) is 4.34 Å². The summed E-state index contributed by atoms with van der Waals surface area (Å²) in [6, 6.07) is 9.70. The zero-order valence-electron chi connectivity index (χ0n) is 14.6. The Kier molecular flexibility index (Phi) is 5.89. The first-order chi connectivity index (χ1) is 12.5. The smallest absolute Gasteiger partial charge is 0.237 e. The van der Waals surface area contributed by atoms with E-state index in [1.807, 2.05) is 45.0 Å². The van der Waals surface area contributed by atoms with Gasteiger partial charge in [0, 0.05) is 11.8 Å². The lowest BCUT2D eigenvalue weighted by molar-refractivity contribution is -0.113. The molecule has 1 aromatic carbocycles. The van der Waals surface area contributed by atoms with Gasteiger partial charge in [-0.25, -0.2) is 0 Å². The Labute approximate surface area is 159 Å². The highest BCUT2D eigenvalue weighted by molar-refractivity contribution is 8.01. The van der Waals surface area contributed by atoms with Gasteiger partial charge in [0.2, 0.25) is 16.9 Å². The molecule has 0 bridgehead atoms. The average Bonchev–Trinajstić information content (AvgIpc) is 3.25. The van der Waals surface area contributed by atoms with E-state index in [2.05, 4.69) is 26.0 Å². The minimum Gasteiger partial charge on any atom is -0.338 e. The van der Waals surface area contributed by atoms with E-state index in [9.17, 15) is 4.79 Å². The summed E-state index contributed by atoms with van der Waals surface area (Å²) in [5.74, 6) is 0.652. The van der Waals surface area contributed by atoms with Gasteiger partial charge < -0.3 is 9.84 Å². The molecule has 136 valence electrons. The average molecular weight is 390 g/mol. The van der Waals surface area contributed by atoms with Crippen molar-refractivity contribution in [2.45, 2.75) is 31.0 Å². The lowest BCUT2D eigenvalue weighted by Gasteiger charge is -2.04. The molecular formula is C17H19N5O2S2. The molecule has 3 rings (SSSR count). The van der Waals surface area contributed by atoms with Crippen LogP contribution in [0.25, 0.3) is 0 Å². The molecule has 0 spiro atoms. The lowest BCUT2D eigenvalue weighted by Crippen LogP contribution is -2.13. The van der Waals surface area contributed by atoms with Crippen molar-refractivity contribution in [2.75, 3.05) is 16.4 Å². The molecule has 0 fully saturated rings. The SMILES string of the molecule is Cc1ccccc1Nc1nnc(SCC(=O)Nc2cc(C(C)C)no2)s1. The summed E-state index contributed by atoms with van der Waals surface area (Å²) >= 11 is 2.73. The first-order valence-electron chi connectivity index (χ1n) is 8.06. The number of carbonyl (C=O) groups excluding carboxylic acids is 1. The Balaban J connectivity index is 1.51. The number of benzene rings is 1. The largest absolute Gasteiger partial charge is 0.338 e. The lowest BCUT2D eigenvalue weighted by atomic mass is 10.1. The summed E-state index contributed by atoms with van der Waals surface area (Å²) in [7, 11) is 0. The third-order valence-electron chi connectivity index (χ3n) is 3.50. The fraction of sp³-hybridized carbons (Fsp3) is 0.294. The van der Waals surface area contributed by atoms with E-state index in [0.29, 0.717) is 11.0 Å². The van der Waals surface area contributed by atoms with Crippen molar-refractivity contribution < 1.29 is 9.32 Å². The van der Waals surface area contributed by atoms with Crippen molar-refractivity contribution in [3.8, 4) is 0 Å². The van der Waals surface area contributed by atoms with Crippen LogP contribution in [0, 0.1) is 6.92 Å². The van der Waals surface area contributed by atoms with Crippen LogP contribution in [0.5, 0.6) is 0 Å². The van der Waals surface area contributed by atoms with Gasteiger partial charge >= 0.3 is 0 Å². The zero-order chi connectivity index (χ0) is 18.5. The Bertz CT molecular complexity index is 891. The van der Waals surface area contributed by atoms with Crippen molar-refractivity contribution in [3.63, 3.8) is 0 Å². The number of thioether (sulfide) groups is 1. The molecule has 2 N–H and O–H groups in total. The van der Waals surface area contributed by atoms with Crippen molar-refractivity contribution >= 4 is 45.7 Å².